The first-order chi connectivity index (χ1) is 9.97. The van der Waals surface area contributed by atoms with Crippen molar-refractivity contribution in [2.24, 2.45) is 0 Å². The third-order valence-corrected chi connectivity index (χ3v) is 3.96. The second-order valence-corrected chi connectivity index (χ2v) is 5.78. The Bertz CT molecular complexity index is 578. The van der Waals surface area contributed by atoms with Crippen molar-refractivity contribution in [3.63, 3.8) is 0 Å². The lowest BCUT2D eigenvalue weighted by Crippen LogP contribution is -2.48. The molecule has 0 radical (unpaired) electrons. The summed E-state index contributed by atoms with van der Waals surface area (Å²) < 4.78 is 0.943. The number of carboxylic acid groups (broad SMARTS) is 1. The zero-order chi connectivity index (χ0) is 15.4. The fourth-order valence-corrected chi connectivity index (χ4v) is 2.70. The van der Waals surface area contributed by atoms with Crippen LogP contribution in [0.2, 0.25) is 0 Å². The topological polar surface area (TPSA) is 60.9 Å². The van der Waals surface area contributed by atoms with Crippen LogP contribution in [0.3, 0.4) is 0 Å². The molecule has 112 valence electrons. The average Bonchev–Trinajstić information content (AvgIpc) is 2.46. The van der Waals surface area contributed by atoms with Crippen LogP contribution in [0.1, 0.15) is 12.5 Å². The number of nitrogens with zero attached hydrogens (tertiary/aromatic N) is 2. The van der Waals surface area contributed by atoms with Gasteiger partial charge < -0.3 is 14.9 Å². The number of hydrogen-bond donors (Lipinski definition) is 1. The van der Waals surface area contributed by atoms with Gasteiger partial charge in [0.25, 0.3) is 0 Å². The van der Waals surface area contributed by atoms with Gasteiger partial charge in [0.1, 0.15) is 0 Å². The quantitative estimate of drug-likeness (QED) is 0.847. The van der Waals surface area contributed by atoms with Crippen LogP contribution in [-0.4, -0.2) is 48.1 Å². The summed E-state index contributed by atoms with van der Waals surface area (Å²) >= 11 is 3.45. The molecule has 1 fully saturated rings. The number of aliphatic carboxylic acids is 1. The lowest BCUT2D eigenvalue weighted by molar-refractivity contribution is -0.131. The van der Waals surface area contributed by atoms with Gasteiger partial charge in [-0.1, -0.05) is 22.0 Å². The van der Waals surface area contributed by atoms with Crippen LogP contribution in [0.25, 0.3) is 6.08 Å². The van der Waals surface area contributed by atoms with Gasteiger partial charge in [-0.05, 0) is 23.8 Å². The molecule has 1 aromatic rings. The Morgan fingerprint density at radius 1 is 1.24 bits per heavy atom. The van der Waals surface area contributed by atoms with Crippen molar-refractivity contribution in [3.05, 3.63) is 34.3 Å². The predicted octanol–water partition coefficient (Wildman–Crippen LogP) is 2.22. The van der Waals surface area contributed by atoms with Crippen molar-refractivity contribution in [3.8, 4) is 0 Å². The second kappa shape index (κ2) is 6.76. The second-order valence-electron chi connectivity index (χ2n) is 4.87. The first-order valence-corrected chi connectivity index (χ1v) is 7.47. The molecule has 1 aromatic carbocycles. The van der Waals surface area contributed by atoms with E-state index >= 15 is 0 Å². The van der Waals surface area contributed by atoms with Crippen molar-refractivity contribution in [1.82, 2.24) is 4.90 Å². The maximum Gasteiger partial charge on any atom is 0.328 e. The van der Waals surface area contributed by atoms with E-state index in [1.807, 2.05) is 23.1 Å². The van der Waals surface area contributed by atoms with E-state index in [1.165, 1.54) is 0 Å². The predicted molar refractivity (Wildman–Crippen MR) is 85.3 cm³/mol. The Morgan fingerprint density at radius 2 is 1.90 bits per heavy atom. The molecule has 1 saturated heterocycles. The largest absolute Gasteiger partial charge is 0.478 e. The smallest absolute Gasteiger partial charge is 0.328 e. The summed E-state index contributed by atoms with van der Waals surface area (Å²) in [5.41, 5.74) is 1.84. The van der Waals surface area contributed by atoms with Crippen LogP contribution in [-0.2, 0) is 9.59 Å². The van der Waals surface area contributed by atoms with Crippen LogP contribution >= 0.6 is 15.9 Å². The minimum atomic E-state index is -0.967. The van der Waals surface area contributed by atoms with Crippen molar-refractivity contribution >= 4 is 39.6 Å². The highest BCUT2D eigenvalue weighted by molar-refractivity contribution is 9.10. The van der Waals surface area contributed by atoms with E-state index in [2.05, 4.69) is 20.8 Å². The number of benzene rings is 1. The third kappa shape index (κ3) is 4.07. The van der Waals surface area contributed by atoms with Gasteiger partial charge in [0.2, 0.25) is 5.91 Å². The summed E-state index contributed by atoms with van der Waals surface area (Å²) in [6, 6.07) is 5.75. The molecular weight excluding hydrogens is 336 g/mol. The van der Waals surface area contributed by atoms with Crippen molar-refractivity contribution < 1.29 is 14.7 Å². The van der Waals surface area contributed by atoms with Gasteiger partial charge in [0, 0.05) is 49.3 Å². The molecule has 0 aromatic heterocycles. The summed E-state index contributed by atoms with van der Waals surface area (Å²) in [6.45, 7) is 4.43. The minimum absolute atomic E-state index is 0.0925. The van der Waals surface area contributed by atoms with Crippen molar-refractivity contribution in [2.75, 3.05) is 31.1 Å². The van der Waals surface area contributed by atoms with E-state index in [4.69, 9.17) is 5.11 Å². The lowest BCUT2D eigenvalue weighted by atomic mass is 10.1. The van der Waals surface area contributed by atoms with E-state index in [9.17, 15) is 9.59 Å². The van der Waals surface area contributed by atoms with E-state index < -0.39 is 5.97 Å². The molecule has 1 amide bonds. The number of halogens is 1. The van der Waals surface area contributed by atoms with E-state index in [0.717, 1.165) is 34.9 Å². The average molecular weight is 353 g/mol. The molecule has 1 aliphatic heterocycles. The summed E-state index contributed by atoms with van der Waals surface area (Å²) in [4.78, 5) is 26.0. The SMILES string of the molecule is CC(=O)N1CCN(c2cc(Br)ccc2/C=C/C(=O)O)CC1. The van der Waals surface area contributed by atoms with Crippen LogP contribution in [0, 0.1) is 0 Å². The van der Waals surface area contributed by atoms with E-state index in [1.54, 1.807) is 13.0 Å². The van der Waals surface area contributed by atoms with Crippen molar-refractivity contribution in [2.45, 2.75) is 6.92 Å². The number of anilines is 1. The number of amides is 1. The molecule has 1 N–H and O–H groups in total. The fourth-order valence-electron chi connectivity index (χ4n) is 2.35. The molecule has 5 nitrogen and oxygen atoms in total. The molecule has 0 atom stereocenters. The molecule has 0 saturated carbocycles. The van der Waals surface area contributed by atoms with Gasteiger partial charge in [-0.15, -0.1) is 0 Å². The monoisotopic (exact) mass is 352 g/mol. The number of piperazine rings is 1. The molecule has 1 aliphatic rings. The lowest BCUT2D eigenvalue weighted by Gasteiger charge is -2.36. The number of hydrogen-bond acceptors (Lipinski definition) is 3. The van der Waals surface area contributed by atoms with E-state index in [-0.39, 0.29) is 5.91 Å². The minimum Gasteiger partial charge on any atom is -0.478 e. The molecule has 0 aliphatic carbocycles. The van der Waals surface area contributed by atoms with Crippen molar-refractivity contribution in [1.29, 1.82) is 0 Å². The molecule has 6 heteroatoms. The number of carbonyl (C=O) groups excluding carboxylic acids is 1. The molecule has 0 bridgehead atoms. The maximum atomic E-state index is 11.4. The zero-order valence-electron chi connectivity index (χ0n) is 11.8. The van der Waals surface area contributed by atoms with Crippen LogP contribution in [0.5, 0.6) is 0 Å². The molecule has 0 spiro atoms. The van der Waals surface area contributed by atoms with E-state index in [0.29, 0.717) is 13.1 Å². The van der Waals surface area contributed by atoms with Gasteiger partial charge in [0.05, 0.1) is 0 Å². The van der Waals surface area contributed by atoms with Gasteiger partial charge in [0.15, 0.2) is 0 Å². The summed E-state index contributed by atoms with van der Waals surface area (Å²) in [5.74, 6) is -0.875. The maximum absolute atomic E-state index is 11.4. The number of rotatable bonds is 3. The first-order valence-electron chi connectivity index (χ1n) is 6.68. The number of carboxylic acids is 1. The highest BCUT2D eigenvalue weighted by Gasteiger charge is 2.20. The Morgan fingerprint density at radius 3 is 2.48 bits per heavy atom. The van der Waals surface area contributed by atoms with Crippen LogP contribution in [0.15, 0.2) is 28.7 Å². The molecule has 2 rings (SSSR count). The Hall–Kier alpha value is -1.82. The molecule has 1 heterocycles. The summed E-state index contributed by atoms with van der Waals surface area (Å²) in [7, 11) is 0. The van der Waals surface area contributed by atoms with Gasteiger partial charge in [-0.3, -0.25) is 4.79 Å². The molecular formula is C15H17BrN2O3. The van der Waals surface area contributed by atoms with Crippen LogP contribution in [0.4, 0.5) is 5.69 Å². The van der Waals surface area contributed by atoms with Gasteiger partial charge in [-0.2, -0.15) is 0 Å². The Kier molecular flexibility index (Phi) is 5.01. The molecule has 0 unspecified atom stereocenters. The zero-order valence-corrected chi connectivity index (χ0v) is 13.3. The third-order valence-electron chi connectivity index (χ3n) is 3.46. The summed E-state index contributed by atoms with van der Waals surface area (Å²) in [5, 5.41) is 8.77. The normalized spacial score (nSPS) is 15.5. The van der Waals surface area contributed by atoms with Gasteiger partial charge in [-0.25, -0.2) is 4.79 Å². The standard InChI is InChI=1S/C15H17BrN2O3/c1-11(19)17-6-8-18(9-7-17)14-10-13(16)4-2-12(14)3-5-15(20)21/h2-5,10H,6-9H2,1H3,(H,20,21)/b5-3+. The van der Waals surface area contributed by atoms with Crippen LogP contribution < -0.4 is 4.90 Å². The van der Waals surface area contributed by atoms with Gasteiger partial charge >= 0.3 is 5.97 Å². The molecule has 21 heavy (non-hydrogen) atoms. The fraction of sp³-hybridized carbons (Fsp3) is 0.333. The highest BCUT2D eigenvalue weighted by atomic mass is 79.9. The number of carbonyl (C=O) groups is 2. The first kappa shape index (κ1) is 15.6. The summed E-state index contributed by atoms with van der Waals surface area (Å²) in [6.07, 6.45) is 2.74. The Labute approximate surface area is 132 Å². The Balaban J connectivity index is 2.21. The highest BCUT2D eigenvalue weighted by Crippen LogP contribution is 2.27.